The second-order valence-corrected chi connectivity index (χ2v) is 6.83. The van der Waals surface area contributed by atoms with Gasteiger partial charge < -0.3 is 10.5 Å². The Kier molecular flexibility index (Phi) is 3.97. The first-order valence-corrected chi connectivity index (χ1v) is 7.72. The van der Waals surface area contributed by atoms with Crippen molar-refractivity contribution in [1.82, 2.24) is 14.3 Å². The molecule has 0 saturated heterocycles. The third kappa shape index (κ3) is 3.51. The van der Waals surface area contributed by atoms with E-state index in [1.807, 2.05) is 0 Å². The summed E-state index contributed by atoms with van der Waals surface area (Å²) in [5.41, 5.74) is 3.57. The van der Waals surface area contributed by atoms with Crippen LogP contribution in [-0.2, 0) is 10.9 Å². The fraction of sp³-hybridized carbons (Fsp3) is 0.294. The molecule has 0 bridgehead atoms. The molecule has 0 aliphatic heterocycles. The highest BCUT2D eigenvalue weighted by atomic mass is 19.4. The van der Waals surface area contributed by atoms with Gasteiger partial charge in [-0.2, -0.15) is 18.3 Å². The molecule has 0 atom stereocenters. The Hall–Kier alpha value is -2.97. The highest BCUT2D eigenvalue weighted by molar-refractivity contribution is 5.88. The summed E-state index contributed by atoms with van der Waals surface area (Å²) >= 11 is 0. The minimum Gasteiger partial charge on any atom is -0.443 e. The number of nitrogens with two attached hydrogens (primary N) is 1. The molecule has 0 fully saturated rings. The normalized spacial score (nSPS) is 12.5. The Balaban J connectivity index is 1.97. The Morgan fingerprint density at radius 2 is 1.77 bits per heavy atom. The molecular weight excluding hydrogens is 349 g/mol. The molecule has 0 amide bonds. The van der Waals surface area contributed by atoms with Gasteiger partial charge in [0.2, 0.25) is 0 Å². The Bertz CT molecular complexity index is 980. The number of carbonyl (C=O) groups is 1. The summed E-state index contributed by atoms with van der Waals surface area (Å²) in [5, 5.41) is 4.90. The molecule has 3 rings (SSSR count). The number of benzene rings is 1. The number of carbonyl (C=O) groups excluding carboxylic acids is 1. The number of hydrogen-bond acceptors (Lipinski definition) is 4. The molecule has 0 aliphatic carbocycles. The van der Waals surface area contributed by atoms with E-state index in [0.29, 0.717) is 11.1 Å². The molecule has 0 spiro atoms. The van der Waals surface area contributed by atoms with E-state index in [1.165, 1.54) is 4.57 Å². The fourth-order valence-corrected chi connectivity index (χ4v) is 2.43. The lowest BCUT2D eigenvalue weighted by atomic mass is 10.2. The van der Waals surface area contributed by atoms with Crippen LogP contribution in [0.25, 0.3) is 16.5 Å². The van der Waals surface area contributed by atoms with E-state index in [9.17, 15) is 18.0 Å². The largest absolute Gasteiger partial charge is 0.443 e. The van der Waals surface area contributed by atoms with Crippen LogP contribution in [0.1, 0.15) is 26.5 Å². The minimum absolute atomic E-state index is 0.390. The number of aromatic nitrogens is 3. The van der Waals surface area contributed by atoms with Gasteiger partial charge in [-0.05, 0) is 32.9 Å². The van der Waals surface area contributed by atoms with Crippen molar-refractivity contribution in [2.75, 3.05) is 5.73 Å². The summed E-state index contributed by atoms with van der Waals surface area (Å²) in [6, 6.07) is 4.88. The first-order chi connectivity index (χ1) is 11.9. The second kappa shape index (κ2) is 5.79. The van der Waals surface area contributed by atoms with Crippen LogP contribution >= 0.6 is 0 Å². The molecule has 2 aromatic heterocycles. The summed E-state index contributed by atoms with van der Waals surface area (Å²) in [5.74, 6) is 0. The first kappa shape index (κ1) is 17.8. The van der Waals surface area contributed by atoms with E-state index in [2.05, 4.69) is 5.10 Å². The molecule has 2 N–H and O–H groups in total. The number of nitrogen functional groups attached to an aromatic ring is 1. The average Bonchev–Trinajstić information content (AvgIpc) is 3.07. The fourth-order valence-electron chi connectivity index (χ4n) is 2.43. The van der Waals surface area contributed by atoms with Gasteiger partial charge in [0.1, 0.15) is 5.60 Å². The van der Waals surface area contributed by atoms with Gasteiger partial charge in [0.15, 0.2) is 5.69 Å². The Morgan fingerprint density at radius 1 is 1.12 bits per heavy atom. The number of nitrogens with zero attached hydrogens (tertiary/aromatic N) is 3. The SMILES string of the molecule is CC(C)(C)OC(=O)n1cc2ccc(-n3cc(N)c(C(F)(F)F)n3)cc2c1. The van der Waals surface area contributed by atoms with Crippen molar-refractivity contribution < 1.29 is 22.7 Å². The van der Waals surface area contributed by atoms with E-state index in [-0.39, 0.29) is 0 Å². The summed E-state index contributed by atoms with van der Waals surface area (Å²) in [7, 11) is 0. The predicted octanol–water partition coefficient (Wildman–Crippen LogP) is 4.21. The van der Waals surface area contributed by atoms with Crippen LogP contribution in [0.4, 0.5) is 23.7 Å². The van der Waals surface area contributed by atoms with Crippen molar-refractivity contribution >= 4 is 22.6 Å². The third-order valence-corrected chi connectivity index (χ3v) is 3.51. The lowest BCUT2D eigenvalue weighted by molar-refractivity contribution is -0.140. The summed E-state index contributed by atoms with van der Waals surface area (Å²) in [6.45, 7) is 5.27. The van der Waals surface area contributed by atoms with Gasteiger partial charge in [0.25, 0.3) is 0 Å². The molecule has 3 aromatic rings. The molecule has 6 nitrogen and oxygen atoms in total. The monoisotopic (exact) mass is 366 g/mol. The molecule has 9 heteroatoms. The van der Waals surface area contributed by atoms with Crippen molar-refractivity contribution in [1.29, 1.82) is 0 Å². The molecule has 1 aromatic carbocycles. The zero-order chi connectivity index (χ0) is 19.3. The quantitative estimate of drug-likeness (QED) is 0.700. The summed E-state index contributed by atoms with van der Waals surface area (Å²) < 4.78 is 46.2. The van der Waals surface area contributed by atoms with Gasteiger partial charge in [-0.25, -0.2) is 9.48 Å². The van der Waals surface area contributed by atoms with Crippen LogP contribution in [0.15, 0.2) is 36.8 Å². The average molecular weight is 366 g/mol. The number of fused-ring (bicyclic) bond motifs is 1. The molecule has 0 aliphatic rings. The highest BCUT2D eigenvalue weighted by Crippen LogP contribution is 2.33. The van der Waals surface area contributed by atoms with Crippen LogP contribution in [0, 0.1) is 0 Å². The number of anilines is 1. The Labute approximate surface area is 146 Å². The number of ether oxygens (including phenoxy) is 1. The van der Waals surface area contributed by atoms with Crippen molar-refractivity contribution in [3.63, 3.8) is 0 Å². The highest BCUT2D eigenvalue weighted by Gasteiger charge is 2.36. The maximum Gasteiger partial charge on any atom is 0.437 e. The van der Waals surface area contributed by atoms with Crippen LogP contribution < -0.4 is 5.73 Å². The molecule has 26 heavy (non-hydrogen) atoms. The predicted molar refractivity (Wildman–Crippen MR) is 90.1 cm³/mol. The molecule has 0 radical (unpaired) electrons. The van der Waals surface area contributed by atoms with E-state index < -0.39 is 29.3 Å². The maximum absolute atomic E-state index is 12.8. The Morgan fingerprint density at radius 3 is 2.35 bits per heavy atom. The molecule has 0 saturated carbocycles. The molecule has 2 heterocycles. The number of hydrogen-bond donors (Lipinski definition) is 1. The van der Waals surface area contributed by atoms with Crippen LogP contribution in [0.5, 0.6) is 0 Å². The van der Waals surface area contributed by atoms with Crippen molar-refractivity contribution in [3.8, 4) is 5.69 Å². The van der Waals surface area contributed by atoms with Gasteiger partial charge in [-0.3, -0.25) is 4.57 Å². The van der Waals surface area contributed by atoms with Gasteiger partial charge in [0.05, 0.1) is 17.6 Å². The summed E-state index contributed by atoms with van der Waals surface area (Å²) in [6.07, 6.45) is -0.928. The van der Waals surface area contributed by atoms with Gasteiger partial charge >= 0.3 is 12.3 Å². The van der Waals surface area contributed by atoms with Crippen molar-refractivity contribution in [2.45, 2.75) is 32.5 Å². The smallest absolute Gasteiger partial charge is 0.437 e. The zero-order valence-electron chi connectivity index (χ0n) is 14.3. The maximum atomic E-state index is 12.8. The van der Waals surface area contributed by atoms with Crippen molar-refractivity contribution in [2.24, 2.45) is 0 Å². The van der Waals surface area contributed by atoms with Gasteiger partial charge in [-0.1, -0.05) is 6.07 Å². The van der Waals surface area contributed by atoms with Crippen LogP contribution in [0.2, 0.25) is 0 Å². The van der Waals surface area contributed by atoms with E-state index in [4.69, 9.17) is 10.5 Å². The topological polar surface area (TPSA) is 75.1 Å². The third-order valence-electron chi connectivity index (χ3n) is 3.51. The zero-order valence-corrected chi connectivity index (χ0v) is 14.3. The minimum atomic E-state index is -4.63. The van der Waals surface area contributed by atoms with Crippen LogP contribution in [-0.4, -0.2) is 26.0 Å². The number of rotatable bonds is 1. The standard InChI is InChI=1S/C17H17F3N4O2/c1-16(2,3)26-15(25)23-7-10-4-5-12(6-11(10)8-23)24-9-13(21)14(22-24)17(18,19)20/h4-9H,21H2,1-3H3. The summed E-state index contributed by atoms with van der Waals surface area (Å²) in [4.78, 5) is 12.1. The molecular formula is C17H17F3N4O2. The number of halogens is 3. The van der Waals surface area contributed by atoms with E-state index in [1.54, 1.807) is 51.4 Å². The molecule has 0 unspecified atom stereocenters. The van der Waals surface area contributed by atoms with Gasteiger partial charge in [0, 0.05) is 23.2 Å². The van der Waals surface area contributed by atoms with Gasteiger partial charge in [-0.15, -0.1) is 0 Å². The number of alkyl halides is 3. The molecule has 138 valence electrons. The lowest BCUT2D eigenvalue weighted by Crippen LogP contribution is -2.26. The van der Waals surface area contributed by atoms with E-state index in [0.717, 1.165) is 16.3 Å². The first-order valence-electron chi connectivity index (χ1n) is 7.72. The van der Waals surface area contributed by atoms with Crippen molar-refractivity contribution in [3.05, 3.63) is 42.5 Å². The second-order valence-electron chi connectivity index (χ2n) is 6.83. The lowest BCUT2D eigenvalue weighted by Gasteiger charge is -2.19. The van der Waals surface area contributed by atoms with E-state index >= 15 is 0 Å². The van der Waals surface area contributed by atoms with Crippen LogP contribution in [0.3, 0.4) is 0 Å².